The molecule has 194 valence electrons. The van der Waals surface area contributed by atoms with Crippen molar-refractivity contribution in [2.75, 3.05) is 19.5 Å². The molecule has 0 amide bonds. The van der Waals surface area contributed by atoms with Crippen LogP contribution in [-0.2, 0) is 16.0 Å². The lowest BCUT2D eigenvalue weighted by molar-refractivity contribution is -0.183. The summed E-state index contributed by atoms with van der Waals surface area (Å²) in [7, 11) is 1.62. The maximum atomic E-state index is 13.4. The molecule has 3 rings (SSSR count). The molecule has 0 spiro atoms. The van der Waals surface area contributed by atoms with E-state index in [0.29, 0.717) is 16.2 Å². The van der Waals surface area contributed by atoms with Crippen molar-refractivity contribution in [3.8, 4) is 17.1 Å². The van der Waals surface area contributed by atoms with E-state index in [0.717, 1.165) is 47.7 Å². The van der Waals surface area contributed by atoms with Gasteiger partial charge in [0.2, 0.25) is 0 Å². The van der Waals surface area contributed by atoms with Gasteiger partial charge in [0.15, 0.2) is 0 Å². The Bertz CT molecular complexity index is 1200. The third-order valence-corrected chi connectivity index (χ3v) is 6.93. The maximum absolute atomic E-state index is 13.4. The molecule has 0 radical (unpaired) electrons. The van der Waals surface area contributed by atoms with Crippen LogP contribution in [0.2, 0.25) is 0 Å². The van der Waals surface area contributed by atoms with E-state index in [1.165, 1.54) is 18.9 Å². The highest BCUT2D eigenvalue weighted by Crippen LogP contribution is 2.37. The molecule has 1 aromatic heterocycles. The van der Waals surface area contributed by atoms with Crippen molar-refractivity contribution in [3.63, 3.8) is 0 Å². The van der Waals surface area contributed by atoms with Crippen LogP contribution in [0, 0.1) is 5.92 Å². The first-order valence-electron chi connectivity index (χ1n) is 11.9. The van der Waals surface area contributed by atoms with Gasteiger partial charge in [-0.05, 0) is 61.7 Å². The van der Waals surface area contributed by atoms with Gasteiger partial charge >= 0.3 is 12.1 Å². The van der Waals surface area contributed by atoms with Crippen LogP contribution in [0.4, 0.5) is 13.2 Å². The van der Waals surface area contributed by atoms with Crippen molar-refractivity contribution >= 4 is 28.7 Å². The van der Waals surface area contributed by atoms with Crippen molar-refractivity contribution < 1.29 is 31.9 Å². The SMILES string of the molecule is C=C(C)C(=O)OCC(CSc1ccc2cc(-c3ccc(CCCCC)cc3OC)oc2c1)C(F)(F)F. The monoisotopic (exact) mass is 520 g/mol. The van der Waals surface area contributed by atoms with Gasteiger partial charge in [-0.2, -0.15) is 13.2 Å². The number of carbonyl (C=O) groups is 1. The van der Waals surface area contributed by atoms with Gasteiger partial charge in [0.25, 0.3) is 0 Å². The molecular weight excluding hydrogens is 489 g/mol. The molecule has 4 nitrogen and oxygen atoms in total. The predicted octanol–water partition coefficient (Wildman–Crippen LogP) is 8.23. The Kier molecular flexibility index (Phi) is 9.54. The second kappa shape index (κ2) is 12.4. The third-order valence-electron chi connectivity index (χ3n) is 5.77. The highest BCUT2D eigenvalue weighted by Gasteiger charge is 2.40. The highest BCUT2D eigenvalue weighted by atomic mass is 32.2. The summed E-state index contributed by atoms with van der Waals surface area (Å²) < 4.78 is 56.8. The third kappa shape index (κ3) is 7.32. The lowest BCUT2D eigenvalue weighted by Gasteiger charge is -2.19. The Hall–Kier alpha value is -2.87. The van der Waals surface area contributed by atoms with Crippen LogP contribution in [0.5, 0.6) is 5.75 Å². The number of esters is 1. The number of unbranched alkanes of at least 4 members (excludes halogenated alkanes) is 2. The zero-order chi connectivity index (χ0) is 26.3. The molecular formula is C28H31F3O4S. The van der Waals surface area contributed by atoms with Crippen molar-refractivity contribution in [2.24, 2.45) is 5.92 Å². The molecule has 0 aliphatic rings. The van der Waals surface area contributed by atoms with Crippen molar-refractivity contribution in [1.29, 1.82) is 0 Å². The molecule has 36 heavy (non-hydrogen) atoms. The molecule has 0 N–H and O–H groups in total. The number of aryl methyl sites for hydroxylation is 1. The molecule has 3 aromatic rings. The number of methoxy groups -OCH3 is 1. The quantitative estimate of drug-likeness (QED) is 0.104. The molecule has 0 fully saturated rings. The van der Waals surface area contributed by atoms with Gasteiger partial charge in [0.05, 0.1) is 18.6 Å². The summed E-state index contributed by atoms with van der Waals surface area (Å²) in [5.74, 6) is -1.57. The maximum Gasteiger partial charge on any atom is 0.395 e. The first-order valence-corrected chi connectivity index (χ1v) is 12.8. The van der Waals surface area contributed by atoms with E-state index < -0.39 is 24.7 Å². The molecule has 1 atom stereocenters. The average Bonchev–Trinajstić information content (AvgIpc) is 3.26. The predicted molar refractivity (Wildman–Crippen MR) is 137 cm³/mol. The Balaban J connectivity index is 1.74. The number of carbonyl (C=O) groups excluding carboxylic acids is 1. The Morgan fingerprint density at radius 3 is 2.58 bits per heavy atom. The van der Waals surface area contributed by atoms with E-state index in [4.69, 9.17) is 13.9 Å². The van der Waals surface area contributed by atoms with Crippen LogP contribution >= 0.6 is 11.8 Å². The number of alkyl halides is 3. The molecule has 1 unspecified atom stereocenters. The van der Waals surface area contributed by atoms with Crippen molar-refractivity contribution in [1.82, 2.24) is 0 Å². The van der Waals surface area contributed by atoms with Gasteiger partial charge in [0, 0.05) is 21.6 Å². The number of furan rings is 1. The molecule has 0 saturated carbocycles. The lowest BCUT2D eigenvalue weighted by Crippen LogP contribution is -2.30. The Labute approximate surface area is 213 Å². The minimum absolute atomic E-state index is 0.0606. The van der Waals surface area contributed by atoms with E-state index in [9.17, 15) is 18.0 Å². The summed E-state index contributed by atoms with van der Waals surface area (Å²) in [6.07, 6.45) is -0.0547. The number of hydrogen-bond donors (Lipinski definition) is 0. The van der Waals surface area contributed by atoms with Crippen LogP contribution < -0.4 is 4.74 Å². The summed E-state index contributed by atoms with van der Waals surface area (Å²) >= 11 is 1.04. The number of thioether (sulfide) groups is 1. The van der Waals surface area contributed by atoms with Gasteiger partial charge in [0.1, 0.15) is 23.7 Å². The van der Waals surface area contributed by atoms with Crippen molar-refractivity contribution in [2.45, 2.75) is 50.6 Å². The van der Waals surface area contributed by atoms with Gasteiger partial charge < -0.3 is 13.9 Å². The van der Waals surface area contributed by atoms with E-state index in [1.54, 1.807) is 19.2 Å². The van der Waals surface area contributed by atoms with Crippen LogP contribution in [0.25, 0.3) is 22.3 Å². The molecule has 0 bridgehead atoms. The summed E-state index contributed by atoms with van der Waals surface area (Å²) in [6.45, 7) is 6.21. The Morgan fingerprint density at radius 2 is 1.92 bits per heavy atom. The summed E-state index contributed by atoms with van der Waals surface area (Å²) in [6, 6.07) is 13.3. The first-order chi connectivity index (χ1) is 17.1. The second-order valence-electron chi connectivity index (χ2n) is 8.73. The van der Waals surface area contributed by atoms with Crippen molar-refractivity contribution in [3.05, 3.63) is 60.2 Å². The minimum Gasteiger partial charge on any atom is -0.496 e. The summed E-state index contributed by atoms with van der Waals surface area (Å²) in [5, 5.41) is 0.839. The number of ether oxygens (including phenoxy) is 2. The van der Waals surface area contributed by atoms with Crippen LogP contribution in [-0.4, -0.2) is 31.6 Å². The first kappa shape index (κ1) is 27.7. The topological polar surface area (TPSA) is 48.7 Å². The van der Waals surface area contributed by atoms with Crippen LogP contribution in [0.3, 0.4) is 0 Å². The molecule has 0 saturated heterocycles. The molecule has 2 aromatic carbocycles. The molecule has 8 heteroatoms. The van der Waals surface area contributed by atoms with E-state index in [1.807, 2.05) is 24.3 Å². The smallest absolute Gasteiger partial charge is 0.395 e. The van der Waals surface area contributed by atoms with E-state index in [-0.39, 0.29) is 11.3 Å². The Morgan fingerprint density at radius 1 is 1.14 bits per heavy atom. The molecule has 0 aliphatic heterocycles. The number of rotatable bonds is 12. The zero-order valence-corrected chi connectivity index (χ0v) is 21.6. The highest BCUT2D eigenvalue weighted by molar-refractivity contribution is 7.99. The molecule has 0 aliphatic carbocycles. The van der Waals surface area contributed by atoms with Crippen LogP contribution in [0.15, 0.2) is 63.9 Å². The fraction of sp³-hybridized carbons (Fsp3) is 0.393. The fourth-order valence-electron chi connectivity index (χ4n) is 3.64. The lowest BCUT2D eigenvalue weighted by atomic mass is 10.0. The number of hydrogen-bond acceptors (Lipinski definition) is 5. The zero-order valence-electron chi connectivity index (χ0n) is 20.7. The standard InChI is InChI=1S/C28H31F3O4S/c1-5-6-7-8-19-9-12-23(25(13-19)33-4)26-14-20-10-11-22(15-24(20)35-26)36-17-21(28(29,30)31)16-34-27(32)18(2)3/h9-15,21H,2,5-8,16-17H2,1,3-4H3. The van der Waals surface area contributed by atoms with E-state index >= 15 is 0 Å². The largest absolute Gasteiger partial charge is 0.496 e. The van der Waals surface area contributed by atoms with E-state index in [2.05, 4.69) is 19.6 Å². The average molecular weight is 521 g/mol. The molecule has 1 heterocycles. The minimum atomic E-state index is -4.50. The number of fused-ring (bicyclic) bond motifs is 1. The second-order valence-corrected chi connectivity index (χ2v) is 9.82. The normalized spacial score (nSPS) is 12.5. The van der Waals surface area contributed by atoms with Gasteiger partial charge in [-0.1, -0.05) is 32.4 Å². The number of halogens is 3. The van der Waals surface area contributed by atoms with Gasteiger partial charge in [-0.25, -0.2) is 4.79 Å². The summed E-state index contributed by atoms with van der Waals surface area (Å²) in [5.41, 5.74) is 2.65. The fourth-order valence-corrected chi connectivity index (χ4v) is 4.67. The number of benzene rings is 2. The van der Waals surface area contributed by atoms with Gasteiger partial charge in [-0.3, -0.25) is 0 Å². The van der Waals surface area contributed by atoms with Crippen LogP contribution in [0.1, 0.15) is 38.7 Å². The van der Waals surface area contributed by atoms with Gasteiger partial charge in [-0.15, -0.1) is 11.8 Å². The summed E-state index contributed by atoms with van der Waals surface area (Å²) in [4.78, 5) is 12.1.